The van der Waals surface area contributed by atoms with Gasteiger partial charge in [-0.1, -0.05) is 58.8 Å². The van der Waals surface area contributed by atoms with Gasteiger partial charge < -0.3 is 13.9 Å². The number of unbranched alkanes of at least 4 members (excludes halogenated alkanes) is 3. The Labute approximate surface area is 208 Å². The molecule has 2 saturated heterocycles. The molecule has 0 N–H and O–H groups in total. The summed E-state index contributed by atoms with van der Waals surface area (Å²) in [5.74, 6) is 0.626. The smallest absolute Gasteiger partial charge is 0.305 e. The van der Waals surface area contributed by atoms with Crippen LogP contribution in [0.4, 0.5) is 0 Å². The molecular weight excluding hydrogens is 444 g/mol. The van der Waals surface area contributed by atoms with Crippen molar-refractivity contribution >= 4 is 20.1 Å². The lowest BCUT2D eigenvalue weighted by Crippen LogP contribution is -2.48. The van der Waals surface area contributed by atoms with E-state index in [1.165, 1.54) is 7.11 Å². The first-order chi connectivity index (χ1) is 16.0. The molecule has 0 aromatic heterocycles. The van der Waals surface area contributed by atoms with Gasteiger partial charge >= 0.3 is 5.97 Å². The second-order valence-electron chi connectivity index (χ2n) is 11.5. The van der Waals surface area contributed by atoms with Crippen LogP contribution in [0.5, 0.6) is 0 Å². The average Bonchev–Trinajstić information content (AvgIpc) is 3.31. The number of methoxy groups -OCH3 is 1. The first-order valence-electron chi connectivity index (χ1n) is 13.3. The maximum atomic E-state index is 12.4. The molecule has 0 amide bonds. The Hall–Kier alpha value is -1.24. The molecule has 0 unspecified atom stereocenters. The fraction of sp³-hybridized carbons (Fsp3) is 0.786. The molecule has 2 rings (SSSR count). The summed E-state index contributed by atoms with van der Waals surface area (Å²) in [5, 5.41) is 0.161. The van der Waals surface area contributed by atoms with Crippen molar-refractivity contribution in [3.05, 3.63) is 24.3 Å². The van der Waals surface area contributed by atoms with Crippen LogP contribution in [0.3, 0.4) is 0 Å². The van der Waals surface area contributed by atoms with Crippen LogP contribution in [0.2, 0.25) is 18.1 Å². The second kappa shape index (κ2) is 13.2. The number of carbonyl (C=O) groups excluding carboxylic acids is 2. The highest BCUT2D eigenvalue weighted by Crippen LogP contribution is 2.49. The Bertz CT molecular complexity index is 721. The predicted octanol–water partition coefficient (Wildman–Crippen LogP) is 6.78. The third-order valence-electron chi connectivity index (χ3n) is 7.85. The fourth-order valence-electron chi connectivity index (χ4n) is 4.74. The molecule has 0 aliphatic carbocycles. The van der Waals surface area contributed by atoms with Crippen molar-refractivity contribution in [1.29, 1.82) is 0 Å². The van der Waals surface area contributed by atoms with Crippen LogP contribution in [-0.4, -0.2) is 45.5 Å². The van der Waals surface area contributed by atoms with E-state index in [2.05, 4.69) is 59.0 Å². The first kappa shape index (κ1) is 29.0. The van der Waals surface area contributed by atoms with Crippen LogP contribution in [-0.2, 0) is 23.5 Å². The van der Waals surface area contributed by atoms with Gasteiger partial charge in [-0.3, -0.25) is 9.59 Å². The Balaban J connectivity index is 2.04. The van der Waals surface area contributed by atoms with Gasteiger partial charge in [0.25, 0.3) is 0 Å². The zero-order chi connectivity index (χ0) is 25.4. The van der Waals surface area contributed by atoms with Gasteiger partial charge in [0.1, 0.15) is 0 Å². The number of ketones is 1. The van der Waals surface area contributed by atoms with Crippen LogP contribution in [0, 0.1) is 11.8 Å². The molecule has 5 nitrogen and oxygen atoms in total. The summed E-state index contributed by atoms with van der Waals surface area (Å²) in [6, 6.07) is 0. The van der Waals surface area contributed by atoms with E-state index >= 15 is 0 Å². The zero-order valence-electron chi connectivity index (χ0n) is 22.6. The van der Waals surface area contributed by atoms with E-state index in [1.54, 1.807) is 6.08 Å². The average molecular weight is 493 g/mol. The van der Waals surface area contributed by atoms with Gasteiger partial charge in [-0.2, -0.15) is 0 Å². The zero-order valence-corrected chi connectivity index (χ0v) is 23.6. The van der Waals surface area contributed by atoms with Crippen molar-refractivity contribution in [2.24, 2.45) is 11.8 Å². The summed E-state index contributed by atoms with van der Waals surface area (Å²) in [6.45, 7) is 13.6. The fourth-order valence-corrected chi connectivity index (χ4v) is 6.08. The third-order valence-corrected chi connectivity index (χ3v) is 12.4. The van der Waals surface area contributed by atoms with Crippen LogP contribution in [0.1, 0.15) is 85.5 Å². The molecule has 2 bridgehead atoms. The van der Waals surface area contributed by atoms with Crippen LogP contribution >= 0.6 is 0 Å². The summed E-state index contributed by atoms with van der Waals surface area (Å²) in [5.41, 5.74) is 0. The largest absolute Gasteiger partial charge is 0.469 e. The minimum atomic E-state index is -1.89. The lowest BCUT2D eigenvalue weighted by molar-refractivity contribution is -0.140. The summed E-state index contributed by atoms with van der Waals surface area (Å²) in [7, 11) is -0.463. The van der Waals surface area contributed by atoms with Gasteiger partial charge in [0, 0.05) is 25.2 Å². The van der Waals surface area contributed by atoms with Gasteiger partial charge in [0.2, 0.25) is 0 Å². The Kier molecular flexibility index (Phi) is 11.2. The third kappa shape index (κ3) is 8.16. The van der Waals surface area contributed by atoms with Gasteiger partial charge in [0.15, 0.2) is 14.1 Å². The molecule has 0 radical (unpaired) electrons. The van der Waals surface area contributed by atoms with Gasteiger partial charge in [-0.25, -0.2) is 0 Å². The quantitative estimate of drug-likeness (QED) is 0.0879. The standard InChI is InChI=1S/C28H48O5Si/c1-8-9-12-15-21(29)18-19-22-23(16-13-10-11-14-17-26(30)31-5)27-25(20-24(22)32-27)33-34(6,7)28(2,3)4/h10,13,18-19,22-25,27H,8-9,11-12,14-17,20H2,1-7H3/b13-10-,19-18+/t22-,23+,24-,25+,27-/m1/s1. The van der Waals surface area contributed by atoms with Crippen LogP contribution < -0.4 is 0 Å². The summed E-state index contributed by atoms with van der Waals surface area (Å²) >= 11 is 0. The van der Waals surface area contributed by atoms with Crippen molar-refractivity contribution in [2.75, 3.05) is 7.11 Å². The molecule has 34 heavy (non-hydrogen) atoms. The van der Waals surface area contributed by atoms with E-state index in [4.69, 9.17) is 13.9 Å². The summed E-state index contributed by atoms with van der Waals surface area (Å²) in [4.78, 5) is 23.7. The SMILES string of the molecule is CCCCCC(=O)/C=C/[C@@H]1[C@H](C/C=C\CCCC(=O)OC)[C@H]2O[C@@H]1C[C@@H]2O[Si](C)(C)C(C)(C)C. The number of carbonyl (C=O) groups is 2. The molecular formula is C28H48O5Si. The van der Waals surface area contributed by atoms with Crippen molar-refractivity contribution in [2.45, 2.75) is 122 Å². The summed E-state index contributed by atoms with van der Waals surface area (Å²) in [6.07, 6.45) is 16.4. The lowest BCUT2D eigenvalue weighted by Gasteiger charge is -2.41. The highest BCUT2D eigenvalue weighted by Gasteiger charge is 2.55. The van der Waals surface area contributed by atoms with Crippen LogP contribution in [0.15, 0.2) is 24.3 Å². The van der Waals surface area contributed by atoms with Gasteiger partial charge in [-0.05, 0) is 55.8 Å². The van der Waals surface area contributed by atoms with Crippen molar-refractivity contribution in [3.63, 3.8) is 0 Å². The molecule has 0 saturated carbocycles. The van der Waals surface area contributed by atoms with Crippen LogP contribution in [0.25, 0.3) is 0 Å². The van der Waals surface area contributed by atoms with E-state index in [0.717, 1.165) is 44.9 Å². The molecule has 2 aliphatic heterocycles. The lowest BCUT2D eigenvalue weighted by atomic mass is 9.76. The highest BCUT2D eigenvalue weighted by atomic mass is 28.4. The van der Waals surface area contributed by atoms with E-state index < -0.39 is 8.32 Å². The number of rotatable bonds is 14. The maximum absolute atomic E-state index is 12.4. The number of ether oxygens (including phenoxy) is 2. The topological polar surface area (TPSA) is 61.8 Å². The van der Waals surface area contributed by atoms with E-state index in [-0.39, 0.29) is 41.0 Å². The Morgan fingerprint density at radius 1 is 1.09 bits per heavy atom. The number of allylic oxidation sites excluding steroid dienone is 3. The number of hydrogen-bond donors (Lipinski definition) is 0. The normalized spacial score (nSPS) is 27.2. The molecule has 2 fully saturated rings. The van der Waals surface area contributed by atoms with E-state index in [0.29, 0.717) is 18.8 Å². The predicted molar refractivity (Wildman–Crippen MR) is 140 cm³/mol. The van der Waals surface area contributed by atoms with Crippen molar-refractivity contribution < 1.29 is 23.5 Å². The molecule has 0 aromatic carbocycles. The minimum Gasteiger partial charge on any atom is -0.469 e. The molecule has 5 atom stereocenters. The summed E-state index contributed by atoms with van der Waals surface area (Å²) < 4.78 is 18.0. The first-order valence-corrected chi connectivity index (χ1v) is 16.2. The minimum absolute atomic E-state index is 0.0729. The molecule has 6 heteroatoms. The number of fused-ring (bicyclic) bond motifs is 2. The molecule has 2 heterocycles. The molecule has 194 valence electrons. The molecule has 0 aromatic rings. The van der Waals surface area contributed by atoms with E-state index in [1.807, 2.05) is 0 Å². The molecule has 0 spiro atoms. The number of hydrogen-bond acceptors (Lipinski definition) is 5. The van der Waals surface area contributed by atoms with Crippen molar-refractivity contribution in [3.8, 4) is 0 Å². The second-order valence-corrected chi connectivity index (χ2v) is 16.2. The monoisotopic (exact) mass is 492 g/mol. The Morgan fingerprint density at radius 3 is 2.47 bits per heavy atom. The molecule has 2 aliphatic rings. The maximum Gasteiger partial charge on any atom is 0.305 e. The van der Waals surface area contributed by atoms with E-state index in [9.17, 15) is 9.59 Å². The van der Waals surface area contributed by atoms with Gasteiger partial charge in [-0.15, -0.1) is 0 Å². The highest BCUT2D eigenvalue weighted by molar-refractivity contribution is 6.74. The van der Waals surface area contributed by atoms with Crippen molar-refractivity contribution in [1.82, 2.24) is 0 Å². The Morgan fingerprint density at radius 2 is 1.82 bits per heavy atom. The number of esters is 1. The van der Waals surface area contributed by atoms with Gasteiger partial charge in [0.05, 0.1) is 25.4 Å².